The summed E-state index contributed by atoms with van der Waals surface area (Å²) in [5.41, 5.74) is 0. The van der Waals surface area contributed by atoms with E-state index in [0.29, 0.717) is 0 Å². The summed E-state index contributed by atoms with van der Waals surface area (Å²) in [6, 6.07) is 7.95. The van der Waals surface area contributed by atoms with Crippen LogP contribution in [0.1, 0.15) is 0 Å². The summed E-state index contributed by atoms with van der Waals surface area (Å²) in [4.78, 5) is 8.70. The van der Waals surface area contributed by atoms with Crippen LogP contribution >= 0.6 is 23.4 Å². The molecule has 0 saturated heterocycles. The van der Waals surface area contributed by atoms with Crippen molar-refractivity contribution in [1.29, 1.82) is 0 Å². The van der Waals surface area contributed by atoms with E-state index in [1.165, 1.54) is 23.9 Å². The Labute approximate surface area is 95.5 Å². The van der Waals surface area contributed by atoms with Crippen LogP contribution in [0.3, 0.4) is 0 Å². The van der Waals surface area contributed by atoms with E-state index in [1.807, 2.05) is 0 Å². The minimum atomic E-state index is -0.250. The maximum Gasteiger partial charge on any atom is 0.223 e. The molecule has 15 heavy (non-hydrogen) atoms. The molecule has 2 aromatic rings. The fraction of sp³-hybridized carbons (Fsp3) is 0. The molecule has 5 heteroatoms. The standard InChI is InChI=1S/C10H6ClFN2S/c11-10-13-6-5-9(14-10)15-8-3-1-7(12)2-4-8/h1-6H. The third-order valence-electron chi connectivity index (χ3n) is 1.64. The smallest absolute Gasteiger partial charge is 0.223 e. The van der Waals surface area contributed by atoms with Crippen molar-refractivity contribution >= 4 is 23.4 Å². The summed E-state index contributed by atoms with van der Waals surface area (Å²) >= 11 is 7.05. The van der Waals surface area contributed by atoms with Gasteiger partial charge >= 0.3 is 0 Å². The zero-order valence-electron chi connectivity index (χ0n) is 7.52. The number of halogens is 2. The normalized spacial score (nSPS) is 10.3. The molecule has 0 amide bonds. The Morgan fingerprint density at radius 1 is 1.13 bits per heavy atom. The van der Waals surface area contributed by atoms with Crippen LogP contribution in [0.5, 0.6) is 0 Å². The van der Waals surface area contributed by atoms with E-state index in [-0.39, 0.29) is 11.1 Å². The number of hydrogen-bond acceptors (Lipinski definition) is 3. The van der Waals surface area contributed by atoms with E-state index in [1.54, 1.807) is 24.4 Å². The largest absolute Gasteiger partial charge is 0.226 e. The third kappa shape index (κ3) is 2.91. The monoisotopic (exact) mass is 240 g/mol. The topological polar surface area (TPSA) is 25.8 Å². The van der Waals surface area contributed by atoms with E-state index in [2.05, 4.69) is 9.97 Å². The maximum atomic E-state index is 12.6. The quantitative estimate of drug-likeness (QED) is 0.594. The number of hydrogen-bond donors (Lipinski definition) is 0. The average Bonchev–Trinajstić information content (AvgIpc) is 2.22. The average molecular weight is 241 g/mol. The highest BCUT2D eigenvalue weighted by Gasteiger charge is 2.00. The van der Waals surface area contributed by atoms with Crippen molar-refractivity contribution in [2.24, 2.45) is 0 Å². The molecule has 0 fully saturated rings. The van der Waals surface area contributed by atoms with Crippen LogP contribution in [0.25, 0.3) is 0 Å². The van der Waals surface area contributed by atoms with Crippen molar-refractivity contribution in [2.75, 3.05) is 0 Å². The minimum Gasteiger partial charge on any atom is -0.226 e. The Morgan fingerprint density at radius 3 is 2.53 bits per heavy atom. The predicted octanol–water partition coefficient (Wildman–Crippen LogP) is 3.42. The van der Waals surface area contributed by atoms with E-state index < -0.39 is 0 Å². The fourth-order valence-corrected chi connectivity index (χ4v) is 1.97. The zero-order chi connectivity index (χ0) is 10.7. The molecule has 0 unspecified atom stereocenters. The van der Waals surface area contributed by atoms with E-state index in [0.717, 1.165) is 9.92 Å². The van der Waals surface area contributed by atoms with Gasteiger partial charge in [-0.25, -0.2) is 14.4 Å². The highest BCUT2D eigenvalue weighted by molar-refractivity contribution is 7.99. The number of benzene rings is 1. The van der Waals surface area contributed by atoms with Gasteiger partial charge in [0.1, 0.15) is 10.8 Å². The van der Waals surface area contributed by atoms with Crippen molar-refractivity contribution in [3.8, 4) is 0 Å². The van der Waals surface area contributed by atoms with Crippen LogP contribution < -0.4 is 0 Å². The van der Waals surface area contributed by atoms with Gasteiger partial charge in [-0.05, 0) is 41.9 Å². The summed E-state index contributed by atoms with van der Waals surface area (Å²) in [7, 11) is 0. The lowest BCUT2D eigenvalue weighted by Crippen LogP contribution is -1.83. The van der Waals surface area contributed by atoms with Crippen LogP contribution in [0, 0.1) is 5.82 Å². The van der Waals surface area contributed by atoms with Crippen molar-refractivity contribution in [3.05, 3.63) is 47.6 Å². The van der Waals surface area contributed by atoms with Gasteiger partial charge in [0.05, 0.1) is 0 Å². The van der Waals surface area contributed by atoms with Gasteiger partial charge in [0.15, 0.2) is 0 Å². The molecular weight excluding hydrogens is 235 g/mol. The molecule has 0 aliphatic heterocycles. The number of rotatable bonds is 2. The molecule has 0 bridgehead atoms. The Morgan fingerprint density at radius 2 is 1.87 bits per heavy atom. The zero-order valence-corrected chi connectivity index (χ0v) is 9.10. The van der Waals surface area contributed by atoms with E-state index >= 15 is 0 Å². The van der Waals surface area contributed by atoms with Gasteiger partial charge < -0.3 is 0 Å². The van der Waals surface area contributed by atoms with Gasteiger partial charge in [-0.2, -0.15) is 0 Å². The summed E-state index contributed by atoms with van der Waals surface area (Å²) in [5.74, 6) is -0.250. The predicted molar refractivity (Wildman–Crippen MR) is 57.6 cm³/mol. The third-order valence-corrected chi connectivity index (χ3v) is 2.76. The van der Waals surface area contributed by atoms with Crippen molar-refractivity contribution < 1.29 is 4.39 Å². The minimum absolute atomic E-state index is 0.210. The Kier molecular flexibility index (Phi) is 3.18. The van der Waals surface area contributed by atoms with Crippen LogP contribution in [-0.4, -0.2) is 9.97 Å². The van der Waals surface area contributed by atoms with Crippen LogP contribution in [-0.2, 0) is 0 Å². The van der Waals surface area contributed by atoms with Crippen molar-refractivity contribution in [2.45, 2.75) is 9.92 Å². The molecule has 0 radical (unpaired) electrons. The molecule has 0 aliphatic rings. The Bertz CT molecular complexity index is 461. The second-order valence-corrected chi connectivity index (χ2v) is 4.15. The SMILES string of the molecule is Fc1ccc(Sc2ccnc(Cl)n2)cc1. The molecule has 0 spiro atoms. The van der Waals surface area contributed by atoms with Gasteiger partial charge in [-0.3, -0.25) is 0 Å². The van der Waals surface area contributed by atoms with Crippen LogP contribution in [0.15, 0.2) is 46.5 Å². The molecule has 0 atom stereocenters. The highest BCUT2D eigenvalue weighted by Crippen LogP contribution is 2.26. The lowest BCUT2D eigenvalue weighted by Gasteiger charge is -2.00. The van der Waals surface area contributed by atoms with Crippen molar-refractivity contribution in [1.82, 2.24) is 9.97 Å². The van der Waals surface area contributed by atoms with Gasteiger partial charge in [0.2, 0.25) is 5.28 Å². The first-order valence-corrected chi connectivity index (χ1v) is 5.35. The van der Waals surface area contributed by atoms with Gasteiger partial charge in [-0.1, -0.05) is 11.8 Å². The summed E-state index contributed by atoms with van der Waals surface area (Å²) < 4.78 is 12.6. The first kappa shape index (κ1) is 10.4. The van der Waals surface area contributed by atoms with Crippen LogP contribution in [0.2, 0.25) is 5.28 Å². The summed E-state index contributed by atoms with van der Waals surface area (Å²) in [5, 5.41) is 0.948. The lowest BCUT2D eigenvalue weighted by molar-refractivity contribution is 0.626. The summed E-state index contributed by atoms with van der Waals surface area (Å²) in [6.45, 7) is 0. The first-order valence-electron chi connectivity index (χ1n) is 4.16. The molecule has 2 rings (SSSR count). The maximum absolute atomic E-state index is 12.6. The van der Waals surface area contributed by atoms with E-state index in [4.69, 9.17) is 11.6 Å². The summed E-state index contributed by atoms with van der Waals surface area (Å²) in [6.07, 6.45) is 1.58. The van der Waals surface area contributed by atoms with Crippen LogP contribution in [0.4, 0.5) is 4.39 Å². The molecule has 76 valence electrons. The number of nitrogens with zero attached hydrogens (tertiary/aromatic N) is 2. The van der Waals surface area contributed by atoms with Gasteiger partial charge in [0.25, 0.3) is 0 Å². The molecular formula is C10H6ClFN2S. The van der Waals surface area contributed by atoms with Gasteiger partial charge in [0, 0.05) is 11.1 Å². The Balaban J connectivity index is 2.18. The molecule has 2 nitrogen and oxygen atoms in total. The van der Waals surface area contributed by atoms with Crippen molar-refractivity contribution in [3.63, 3.8) is 0 Å². The molecule has 0 saturated carbocycles. The second-order valence-electron chi connectivity index (χ2n) is 2.72. The molecule has 1 heterocycles. The van der Waals surface area contributed by atoms with Gasteiger partial charge in [-0.15, -0.1) is 0 Å². The molecule has 0 N–H and O–H groups in total. The fourth-order valence-electron chi connectivity index (χ4n) is 1.000. The van der Waals surface area contributed by atoms with E-state index in [9.17, 15) is 4.39 Å². The first-order chi connectivity index (χ1) is 7.24. The second kappa shape index (κ2) is 4.59. The molecule has 1 aromatic carbocycles. The lowest BCUT2D eigenvalue weighted by atomic mass is 10.4. The molecule has 0 aliphatic carbocycles. The molecule has 1 aromatic heterocycles. The highest BCUT2D eigenvalue weighted by atomic mass is 35.5. The Hall–Kier alpha value is -1.13. The number of aromatic nitrogens is 2.